The zero-order valence-electron chi connectivity index (χ0n) is 20.5. The third-order valence-electron chi connectivity index (χ3n) is 6.44. The van der Waals surface area contributed by atoms with Gasteiger partial charge in [-0.1, -0.05) is 31.4 Å². The molecule has 8 nitrogen and oxygen atoms in total. The Morgan fingerprint density at radius 2 is 1.67 bits per heavy atom. The fourth-order valence-corrected chi connectivity index (χ4v) is 4.50. The van der Waals surface area contributed by atoms with Gasteiger partial charge in [-0.15, -0.1) is 0 Å². The highest BCUT2D eigenvalue weighted by Crippen LogP contribution is 2.31. The molecule has 1 atom stereocenters. The van der Waals surface area contributed by atoms with Gasteiger partial charge in [0.25, 0.3) is 5.91 Å². The van der Waals surface area contributed by atoms with Crippen molar-refractivity contribution in [1.82, 2.24) is 15.3 Å². The molecule has 4 rings (SSSR count). The van der Waals surface area contributed by atoms with Crippen LogP contribution in [0.25, 0.3) is 0 Å². The number of aromatic nitrogens is 2. The minimum Gasteiger partial charge on any atom is -0.497 e. The van der Waals surface area contributed by atoms with Gasteiger partial charge in [0.1, 0.15) is 17.5 Å². The highest BCUT2D eigenvalue weighted by molar-refractivity contribution is 6.09. The first-order chi connectivity index (χ1) is 17.5. The summed E-state index contributed by atoms with van der Waals surface area (Å²) in [6.07, 6.45) is 9.41. The van der Waals surface area contributed by atoms with E-state index >= 15 is 0 Å². The third kappa shape index (κ3) is 5.76. The fraction of sp³-hybridized carbons (Fsp3) is 0.321. The number of ether oxygens (including phenoxy) is 1. The largest absolute Gasteiger partial charge is 0.497 e. The van der Waals surface area contributed by atoms with Crippen LogP contribution in [0.15, 0.2) is 67.1 Å². The summed E-state index contributed by atoms with van der Waals surface area (Å²) in [5.41, 5.74) is 1.71. The molecule has 1 aliphatic rings. The Kier molecular flexibility index (Phi) is 8.05. The molecule has 1 saturated carbocycles. The molecule has 1 aliphatic carbocycles. The van der Waals surface area contributed by atoms with Crippen LogP contribution in [0, 0.1) is 0 Å². The molecule has 0 spiro atoms. The fourth-order valence-electron chi connectivity index (χ4n) is 4.50. The summed E-state index contributed by atoms with van der Waals surface area (Å²) < 4.78 is 5.30. The Morgan fingerprint density at radius 1 is 0.972 bits per heavy atom. The summed E-state index contributed by atoms with van der Waals surface area (Å²) in [4.78, 5) is 49.2. The molecule has 0 radical (unpaired) electrons. The van der Waals surface area contributed by atoms with Gasteiger partial charge in [0.05, 0.1) is 13.3 Å². The Balaban J connectivity index is 1.80. The summed E-state index contributed by atoms with van der Waals surface area (Å²) in [5.74, 6) is -0.198. The number of anilines is 1. The summed E-state index contributed by atoms with van der Waals surface area (Å²) in [6.45, 7) is 1.48. The van der Waals surface area contributed by atoms with E-state index in [4.69, 9.17) is 4.74 Å². The second-order valence-electron chi connectivity index (χ2n) is 8.89. The highest BCUT2D eigenvalue weighted by atomic mass is 16.5. The maximum Gasteiger partial charge on any atom is 0.279 e. The third-order valence-corrected chi connectivity index (χ3v) is 6.44. The molecule has 0 saturated heterocycles. The van der Waals surface area contributed by atoms with Gasteiger partial charge in [0.15, 0.2) is 5.78 Å². The number of benzene rings is 2. The van der Waals surface area contributed by atoms with E-state index in [1.54, 1.807) is 55.6 Å². The molecular formula is C28H30N4O4. The van der Waals surface area contributed by atoms with Gasteiger partial charge >= 0.3 is 0 Å². The van der Waals surface area contributed by atoms with Gasteiger partial charge < -0.3 is 10.1 Å². The molecule has 2 amide bonds. The first kappa shape index (κ1) is 25.0. The van der Waals surface area contributed by atoms with Crippen LogP contribution in [0.5, 0.6) is 5.75 Å². The molecule has 1 fully saturated rings. The number of rotatable bonds is 8. The van der Waals surface area contributed by atoms with Crippen molar-refractivity contribution in [3.8, 4) is 5.75 Å². The minimum atomic E-state index is -0.976. The monoisotopic (exact) mass is 486 g/mol. The van der Waals surface area contributed by atoms with Crippen molar-refractivity contribution in [3.63, 3.8) is 0 Å². The van der Waals surface area contributed by atoms with E-state index in [1.807, 2.05) is 0 Å². The summed E-state index contributed by atoms with van der Waals surface area (Å²) >= 11 is 0. The van der Waals surface area contributed by atoms with Crippen molar-refractivity contribution < 1.29 is 19.1 Å². The first-order valence-electron chi connectivity index (χ1n) is 12.1. The molecule has 36 heavy (non-hydrogen) atoms. The summed E-state index contributed by atoms with van der Waals surface area (Å²) in [7, 11) is 1.57. The molecule has 0 unspecified atom stereocenters. The van der Waals surface area contributed by atoms with Crippen LogP contribution < -0.4 is 15.0 Å². The van der Waals surface area contributed by atoms with Crippen molar-refractivity contribution in [1.29, 1.82) is 0 Å². The Labute approximate surface area is 210 Å². The average Bonchev–Trinajstić information content (AvgIpc) is 2.92. The predicted octanol–water partition coefficient (Wildman–Crippen LogP) is 4.52. The van der Waals surface area contributed by atoms with Crippen LogP contribution in [0.1, 0.15) is 71.5 Å². The van der Waals surface area contributed by atoms with Crippen LogP contribution >= 0.6 is 0 Å². The molecule has 2 aromatic carbocycles. The van der Waals surface area contributed by atoms with Crippen molar-refractivity contribution >= 4 is 23.3 Å². The summed E-state index contributed by atoms with van der Waals surface area (Å²) in [5, 5.41) is 3.18. The molecule has 3 aromatic rings. The number of carbonyl (C=O) groups excluding carboxylic acids is 3. The highest BCUT2D eigenvalue weighted by Gasteiger charge is 2.35. The molecule has 1 N–H and O–H groups in total. The number of carbonyl (C=O) groups is 3. The van der Waals surface area contributed by atoms with Gasteiger partial charge in [-0.3, -0.25) is 24.3 Å². The Hall–Kier alpha value is -4.07. The molecule has 1 heterocycles. The van der Waals surface area contributed by atoms with Gasteiger partial charge in [0.2, 0.25) is 5.91 Å². The quantitative estimate of drug-likeness (QED) is 0.470. The molecule has 186 valence electrons. The lowest BCUT2D eigenvalue weighted by Gasteiger charge is -2.33. The number of Topliss-reactive ketones (excluding diaryl/α,β-unsaturated/α-hetero) is 1. The lowest BCUT2D eigenvalue weighted by Crippen LogP contribution is -2.47. The number of ketones is 1. The predicted molar refractivity (Wildman–Crippen MR) is 136 cm³/mol. The summed E-state index contributed by atoms with van der Waals surface area (Å²) in [6, 6.07) is 12.8. The van der Waals surface area contributed by atoms with E-state index in [9.17, 15) is 14.4 Å². The minimum absolute atomic E-state index is 0.0561. The van der Waals surface area contributed by atoms with Crippen LogP contribution in [-0.2, 0) is 4.79 Å². The molecular weight excluding hydrogens is 456 g/mol. The lowest BCUT2D eigenvalue weighted by molar-refractivity contribution is -0.123. The van der Waals surface area contributed by atoms with Crippen molar-refractivity contribution in [2.75, 3.05) is 12.0 Å². The van der Waals surface area contributed by atoms with Gasteiger partial charge in [-0.2, -0.15) is 0 Å². The van der Waals surface area contributed by atoms with Crippen LogP contribution in [0.4, 0.5) is 5.69 Å². The number of nitrogens with zero attached hydrogens (tertiary/aromatic N) is 3. The van der Waals surface area contributed by atoms with Crippen molar-refractivity contribution in [2.24, 2.45) is 0 Å². The molecule has 0 aliphatic heterocycles. The Morgan fingerprint density at radius 3 is 2.25 bits per heavy atom. The van der Waals surface area contributed by atoms with E-state index in [0.717, 1.165) is 32.1 Å². The smallest absolute Gasteiger partial charge is 0.279 e. The second-order valence-corrected chi connectivity index (χ2v) is 8.89. The normalized spacial score (nSPS) is 14.5. The number of hydrogen-bond donors (Lipinski definition) is 1. The first-order valence-corrected chi connectivity index (χ1v) is 12.1. The van der Waals surface area contributed by atoms with Gasteiger partial charge in [-0.05, 0) is 61.7 Å². The maximum atomic E-state index is 13.9. The van der Waals surface area contributed by atoms with E-state index in [-0.39, 0.29) is 23.4 Å². The van der Waals surface area contributed by atoms with Crippen molar-refractivity contribution in [3.05, 3.63) is 83.9 Å². The van der Waals surface area contributed by atoms with E-state index < -0.39 is 11.9 Å². The van der Waals surface area contributed by atoms with Crippen LogP contribution in [-0.4, -0.2) is 40.7 Å². The SMILES string of the molecule is COc1ccc([C@H](C(=O)NC2CCCCC2)N(C(=O)c2cnccn2)c2ccc(C(C)=O)cc2)cc1. The van der Waals surface area contributed by atoms with E-state index in [0.29, 0.717) is 22.6 Å². The number of nitrogens with one attached hydrogen (secondary N) is 1. The van der Waals surface area contributed by atoms with E-state index in [2.05, 4.69) is 15.3 Å². The van der Waals surface area contributed by atoms with Crippen LogP contribution in [0.3, 0.4) is 0 Å². The number of methoxy groups -OCH3 is 1. The van der Waals surface area contributed by atoms with Gasteiger partial charge in [0, 0.05) is 29.7 Å². The van der Waals surface area contributed by atoms with E-state index in [1.165, 1.54) is 30.4 Å². The number of hydrogen-bond acceptors (Lipinski definition) is 6. The van der Waals surface area contributed by atoms with Crippen LogP contribution in [0.2, 0.25) is 0 Å². The van der Waals surface area contributed by atoms with Crippen molar-refractivity contribution in [2.45, 2.75) is 51.1 Å². The zero-order chi connectivity index (χ0) is 25.5. The maximum absolute atomic E-state index is 13.9. The molecule has 1 aromatic heterocycles. The Bertz CT molecular complexity index is 1190. The molecule has 0 bridgehead atoms. The average molecular weight is 487 g/mol. The topological polar surface area (TPSA) is 101 Å². The molecule has 8 heteroatoms. The zero-order valence-corrected chi connectivity index (χ0v) is 20.5. The standard InChI is InChI=1S/C28H30N4O4/c1-19(33)20-8-12-23(13-9-20)32(28(35)25-18-29-16-17-30-25)26(21-10-14-24(36-2)15-11-21)27(34)31-22-6-4-3-5-7-22/h8-18,22,26H,3-7H2,1-2H3,(H,31,34)/t26-/m1/s1. The second kappa shape index (κ2) is 11.6. The lowest BCUT2D eigenvalue weighted by atomic mass is 9.94. The number of amides is 2. The van der Waals surface area contributed by atoms with Gasteiger partial charge in [-0.25, -0.2) is 4.98 Å².